The van der Waals surface area contributed by atoms with Crippen LogP contribution < -0.4 is 5.32 Å². The highest BCUT2D eigenvalue weighted by Gasteiger charge is 2.08. The predicted molar refractivity (Wildman–Crippen MR) is 99.9 cm³/mol. The molecule has 0 amide bonds. The lowest BCUT2D eigenvalue weighted by atomic mass is 10.1. The number of nitrogens with zero attached hydrogens (tertiary/aromatic N) is 3. The molecule has 0 spiro atoms. The maximum Gasteiger partial charge on any atom is 0.193 e. The largest absolute Gasteiger partial charge is 0.352 e. The Balaban J connectivity index is 1.69. The SMILES string of the molecule is CN=C(NCc1cccc2cccnc12)N(C)Cc1ccccc1. The van der Waals surface area contributed by atoms with Gasteiger partial charge < -0.3 is 10.2 Å². The van der Waals surface area contributed by atoms with Crippen molar-refractivity contribution in [3.63, 3.8) is 0 Å². The molecule has 0 aliphatic heterocycles. The highest BCUT2D eigenvalue weighted by Crippen LogP contribution is 2.15. The monoisotopic (exact) mass is 318 g/mol. The fourth-order valence-electron chi connectivity index (χ4n) is 2.80. The summed E-state index contributed by atoms with van der Waals surface area (Å²) in [5.74, 6) is 0.867. The fraction of sp³-hybridized carbons (Fsp3) is 0.200. The minimum atomic E-state index is 0.695. The smallest absolute Gasteiger partial charge is 0.193 e. The first kappa shape index (κ1) is 16.0. The van der Waals surface area contributed by atoms with Gasteiger partial charge in [-0.2, -0.15) is 0 Å². The number of rotatable bonds is 4. The van der Waals surface area contributed by atoms with Crippen LogP contribution in [0.4, 0.5) is 0 Å². The van der Waals surface area contributed by atoms with Crippen molar-refractivity contribution in [2.24, 2.45) is 4.99 Å². The molecule has 0 radical (unpaired) electrons. The third-order valence-corrected chi connectivity index (χ3v) is 3.99. The molecular weight excluding hydrogens is 296 g/mol. The number of benzene rings is 2. The molecule has 1 N–H and O–H groups in total. The number of fused-ring (bicyclic) bond motifs is 1. The van der Waals surface area contributed by atoms with Crippen LogP contribution in [0.5, 0.6) is 0 Å². The van der Waals surface area contributed by atoms with Crippen molar-refractivity contribution < 1.29 is 0 Å². The van der Waals surface area contributed by atoms with Crippen LogP contribution in [0.2, 0.25) is 0 Å². The zero-order valence-electron chi connectivity index (χ0n) is 14.1. The topological polar surface area (TPSA) is 40.5 Å². The van der Waals surface area contributed by atoms with Gasteiger partial charge >= 0.3 is 0 Å². The van der Waals surface area contributed by atoms with E-state index < -0.39 is 0 Å². The summed E-state index contributed by atoms with van der Waals surface area (Å²) in [5, 5.41) is 4.59. The number of pyridine rings is 1. The molecular formula is C20H22N4. The van der Waals surface area contributed by atoms with E-state index in [0.717, 1.165) is 23.4 Å². The predicted octanol–water partition coefficient (Wildman–Crippen LogP) is 3.44. The van der Waals surface area contributed by atoms with E-state index in [2.05, 4.69) is 68.7 Å². The van der Waals surface area contributed by atoms with Crippen molar-refractivity contribution in [2.45, 2.75) is 13.1 Å². The Morgan fingerprint density at radius 3 is 2.62 bits per heavy atom. The molecule has 3 rings (SSSR count). The van der Waals surface area contributed by atoms with Crippen molar-refractivity contribution in [2.75, 3.05) is 14.1 Å². The van der Waals surface area contributed by atoms with Gasteiger partial charge in [0.15, 0.2) is 5.96 Å². The Morgan fingerprint density at radius 1 is 1.04 bits per heavy atom. The first-order valence-electron chi connectivity index (χ1n) is 8.06. The van der Waals surface area contributed by atoms with Crippen LogP contribution in [-0.4, -0.2) is 29.9 Å². The quantitative estimate of drug-likeness (QED) is 0.592. The van der Waals surface area contributed by atoms with Gasteiger partial charge in [0.1, 0.15) is 0 Å². The van der Waals surface area contributed by atoms with E-state index in [9.17, 15) is 0 Å². The van der Waals surface area contributed by atoms with Crippen LogP contribution in [0.3, 0.4) is 0 Å². The molecule has 1 heterocycles. The molecule has 0 bridgehead atoms. The van der Waals surface area contributed by atoms with Gasteiger partial charge in [-0.05, 0) is 17.2 Å². The van der Waals surface area contributed by atoms with Crippen molar-refractivity contribution in [1.82, 2.24) is 15.2 Å². The van der Waals surface area contributed by atoms with Crippen LogP contribution >= 0.6 is 0 Å². The minimum absolute atomic E-state index is 0.695. The van der Waals surface area contributed by atoms with Crippen molar-refractivity contribution >= 4 is 16.9 Å². The maximum atomic E-state index is 4.50. The number of guanidine groups is 1. The average Bonchev–Trinajstić information content (AvgIpc) is 2.63. The third-order valence-electron chi connectivity index (χ3n) is 3.99. The van der Waals surface area contributed by atoms with Crippen molar-refractivity contribution in [3.05, 3.63) is 78.0 Å². The van der Waals surface area contributed by atoms with E-state index in [1.165, 1.54) is 11.1 Å². The van der Waals surface area contributed by atoms with E-state index >= 15 is 0 Å². The third kappa shape index (κ3) is 3.71. The maximum absolute atomic E-state index is 4.50. The number of aromatic nitrogens is 1. The first-order chi connectivity index (χ1) is 11.8. The molecule has 24 heavy (non-hydrogen) atoms. The Hall–Kier alpha value is -2.88. The fourth-order valence-corrected chi connectivity index (χ4v) is 2.80. The first-order valence-corrected chi connectivity index (χ1v) is 8.06. The van der Waals surface area contributed by atoms with Gasteiger partial charge in [0.25, 0.3) is 0 Å². The Morgan fingerprint density at radius 2 is 1.83 bits per heavy atom. The summed E-state index contributed by atoms with van der Waals surface area (Å²) in [7, 11) is 3.86. The summed E-state index contributed by atoms with van der Waals surface area (Å²) >= 11 is 0. The van der Waals surface area contributed by atoms with Gasteiger partial charge in [-0.15, -0.1) is 0 Å². The molecule has 0 saturated heterocycles. The van der Waals surface area contributed by atoms with Gasteiger partial charge in [-0.25, -0.2) is 0 Å². The molecule has 0 aliphatic rings. The number of aliphatic imine (C=N–C) groups is 1. The molecule has 0 unspecified atom stereocenters. The van der Waals surface area contributed by atoms with Gasteiger partial charge in [0, 0.05) is 38.8 Å². The molecule has 2 aromatic carbocycles. The van der Waals surface area contributed by atoms with E-state index in [0.29, 0.717) is 6.54 Å². The lowest BCUT2D eigenvalue weighted by Crippen LogP contribution is -2.38. The van der Waals surface area contributed by atoms with Gasteiger partial charge in [0.05, 0.1) is 5.52 Å². The molecule has 0 saturated carbocycles. The Kier molecular flexibility index (Phi) is 5.06. The standard InChI is InChI=1S/C20H22N4/c1-21-20(24(2)15-16-8-4-3-5-9-16)23-14-18-11-6-10-17-12-7-13-22-19(17)18/h3-13H,14-15H2,1-2H3,(H,21,23). The average molecular weight is 318 g/mol. The van der Waals surface area contributed by atoms with Gasteiger partial charge in [-0.1, -0.05) is 54.6 Å². The number of hydrogen-bond donors (Lipinski definition) is 1. The van der Waals surface area contributed by atoms with Crippen molar-refractivity contribution in [3.8, 4) is 0 Å². The van der Waals surface area contributed by atoms with Gasteiger partial charge in [-0.3, -0.25) is 9.98 Å². The second-order valence-corrected chi connectivity index (χ2v) is 5.73. The summed E-state index contributed by atoms with van der Waals surface area (Å²) in [6, 6.07) is 20.7. The van der Waals surface area contributed by atoms with Gasteiger partial charge in [0.2, 0.25) is 0 Å². The van der Waals surface area contributed by atoms with Crippen LogP contribution in [0, 0.1) is 0 Å². The van der Waals surface area contributed by atoms with E-state index in [1.807, 2.05) is 32.4 Å². The second-order valence-electron chi connectivity index (χ2n) is 5.73. The number of nitrogens with one attached hydrogen (secondary N) is 1. The second kappa shape index (κ2) is 7.59. The Bertz CT molecular complexity index is 822. The molecule has 4 heteroatoms. The van der Waals surface area contributed by atoms with E-state index in [4.69, 9.17) is 0 Å². The van der Waals surface area contributed by atoms with E-state index in [1.54, 1.807) is 0 Å². The molecule has 1 aromatic heterocycles. The van der Waals surface area contributed by atoms with Crippen LogP contribution in [-0.2, 0) is 13.1 Å². The zero-order valence-corrected chi connectivity index (χ0v) is 14.1. The lowest BCUT2D eigenvalue weighted by Gasteiger charge is -2.22. The van der Waals surface area contributed by atoms with Crippen LogP contribution in [0.15, 0.2) is 71.9 Å². The summed E-state index contributed by atoms with van der Waals surface area (Å²) in [5.41, 5.74) is 3.46. The summed E-state index contributed by atoms with van der Waals surface area (Å²) in [6.45, 7) is 1.51. The summed E-state index contributed by atoms with van der Waals surface area (Å²) in [6.07, 6.45) is 1.84. The lowest BCUT2D eigenvalue weighted by molar-refractivity contribution is 0.477. The summed E-state index contributed by atoms with van der Waals surface area (Å²) in [4.78, 5) is 11.0. The highest BCUT2D eigenvalue weighted by molar-refractivity contribution is 5.83. The molecule has 0 aliphatic carbocycles. The zero-order chi connectivity index (χ0) is 16.8. The van der Waals surface area contributed by atoms with Crippen LogP contribution in [0.25, 0.3) is 10.9 Å². The molecule has 122 valence electrons. The number of para-hydroxylation sites is 1. The minimum Gasteiger partial charge on any atom is -0.352 e. The normalized spacial score (nSPS) is 11.5. The highest BCUT2D eigenvalue weighted by atomic mass is 15.3. The van der Waals surface area contributed by atoms with Crippen LogP contribution in [0.1, 0.15) is 11.1 Å². The molecule has 3 aromatic rings. The van der Waals surface area contributed by atoms with E-state index in [-0.39, 0.29) is 0 Å². The molecule has 4 nitrogen and oxygen atoms in total. The number of hydrogen-bond acceptors (Lipinski definition) is 2. The summed E-state index contributed by atoms with van der Waals surface area (Å²) < 4.78 is 0. The molecule has 0 fully saturated rings. The van der Waals surface area contributed by atoms with Crippen molar-refractivity contribution in [1.29, 1.82) is 0 Å². The molecule has 0 atom stereocenters. The Labute approximate surface area is 142 Å².